The Kier molecular flexibility index (Phi) is 14.6. The minimum Gasteiger partial charge on any atom is -0.467 e. The summed E-state index contributed by atoms with van der Waals surface area (Å²) in [6.07, 6.45) is -20.7. The first-order valence-corrected chi connectivity index (χ1v) is 24.5. The Labute approximate surface area is 397 Å². The molecule has 8 rings (SSSR count). The highest BCUT2D eigenvalue weighted by Crippen LogP contribution is 2.75. The molecule has 0 bridgehead atoms. The van der Waals surface area contributed by atoms with Gasteiger partial charge >= 0.3 is 5.97 Å². The lowest BCUT2D eigenvalue weighted by Gasteiger charge is -2.71. The molecule has 0 aromatic heterocycles. The number of aliphatic hydroxyl groups excluding tert-OH is 11. The molecule has 3 heterocycles. The van der Waals surface area contributed by atoms with Gasteiger partial charge in [0.1, 0.15) is 67.1 Å². The number of aliphatic hydroxyl groups is 12. The summed E-state index contributed by atoms with van der Waals surface area (Å²) in [7, 11) is 1.07. The quantitative estimate of drug-likeness (QED) is 0.0673. The van der Waals surface area contributed by atoms with Crippen LogP contribution in [-0.2, 0) is 38.0 Å². The molecule has 20 nitrogen and oxygen atoms in total. The van der Waals surface area contributed by atoms with Crippen molar-refractivity contribution < 1.29 is 99.2 Å². The predicted molar refractivity (Wildman–Crippen MR) is 233 cm³/mol. The molecule has 0 radical (unpaired) electrons. The average Bonchev–Trinajstić information content (AvgIpc) is 3.29. The van der Waals surface area contributed by atoms with Crippen molar-refractivity contribution in [1.82, 2.24) is 0 Å². The molecule has 68 heavy (non-hydrogen) atoms. The highest BCUT2D eigenvalue weighted by molar-refractivity contribution is 5.75. The van der Waals surface area contributed by atoms with Crippen molar-refractivity contribution in [3.05, 3.63) is 11.6 Å². The number of hydrogen-bond acceptors (Lipinski definition) is 20. The van der Waals surface area contributed by atoms with Crippen LogP contribution in [-0.4, -0.2) is 204 Å². The van der Waals surface area contributed by atoms with E-state index >= 15 is 0 Å². The third-order valence-corrected chi connectivity index (χ3v) is 19.2. The molecule has 390 valence electrons. The van der Waals surface area contributed by atoms with Crippen LogP contribution in [0, 0.1) is 44.8 Å². The third kappa shape index (κ3) is 8.16. The van der Waals surface area contributed by atoms with E-state index in [-0.39, 0.29) is 46.0 Å². The number of esters is 1. The lowest BCUT2D eigenvalue weighted by Crippen LogP contribution is -2.69. The molecule has 0 spiro atoms. The molecule has 0 aromatic carbocycles. The molecule has 4 saturated carbocycles. The van der Waals surface area contributed by atoms with Crippen molar-refractivity contribution in [3.63, 3.8) is 0 Å². The summed E-state index contributed by atoms with van der Waals surface area (Å²) in [5, 5.41) is 132. The number of fused-ring (bicyclic) bond motifs is 7. The van der Waals surface area contributed by atoms with Gasteiger partial charge in [-0.2, -0.15) is 0 Å². The van der Waals surface area contributed by atoms with Gasteiger partial charge in [0.15, 0.2) is 25.0 Å². The number of carbonyl (C=O) groups excluding carboxylic acids is 1. The summed E-state index contributed by atoms with van der Waals surface area (Å²) in [6, 6.07) is 0. The molecule has 3 aliphatic heterocycles. The van der Waals surface area contributed by atoms with Gasteiger partial charge in [-0.05, 0) is 91.3 Å². The van der Waals surface area contributed by atoms with Crippen LogP contribution < -0.4 is 0 Å². The standard InChI is InChI=1S/C48H78O20/c1-43(2)16-22-21-8-9-26-44(3)12-11-28(45(4,20-51)25(44)10-13-47(26,6)46(21,5)14-15-48(22,61)27(52)17-43)65-42-38(34(58)33(57)36(66-42)39(60)62-7)68-41-37(32(56)30(54)24(19-50)64-41)67-40-35(59)31(55)29(53)23(18-49)63-40/h8,22-38,40-42,49-59,61H,9-20H2,1-7H3/t22-,23+,24+,25+,26+,27+,28-,29+,30+,31-,32-,33-,34-,35+,36-,37+,38+,40-,41-,42+,44-,45+,46+,47+,48-/m0/s1. The Morgan fingerprint density at radius 1 is 0.662 bits per heavy atom. The Bertz CT molecular complexity index is 1850. The van der Waals surface area contributed by atoms with E-state index in [9.17, 15) is 66.1 Å². The normalized spacial score (nSPS) is 54.6. The van der Waals surface area contributed by atoms with Crippen LogP contribution >= 0.6 is 0 Å². The number of hydrogen-bond donors (Lipinski definition) is 12. The highest BCUT2D eigenvalue weighted by Gasteiger charge is 2.70. The largest absolute Gasteiger partial charge is 0.467 e. The summed E-state index contributed by atoms with van der Waals surface area (Å²) in [4.78, 5) is 13.1. The van der Waals surface area contributed by atoms with Crippen LogP contribution in [0.2, 0.25) is 0 Å². The monoisotopic (exact) mass is 975 g/mol. The second kappa shape index (κ2) is 18.8. The first-order chi connectivity index (χ1) is 31.8. The van der Waals surface area contributed by atoms with E-state index in [1.54, 1.807) is 0 Å². The van der Waals surface area contributed by atoms with Crippen LogP contribution in [0.1, 0.15) is 99.3 Å². The van der Waals surface area contributed by atoms with Crippen molar-refractivity contribution in [2.75, 3.05) is 26.9 Å². The van der Waals surface area contributed by atoms with Gasteiger partial charge in [0, 0.05) is 11.3 Å². The Balaban J connectivity index is 1.08. The summed E-state index contributed by atoms with van der Waals surface area (Å²) in [6.45, 7) is 11.3. The third-order valence-electron chi connectivity index (χ3n) is 19.2. The van der Waals surface area contributed by atoms with Gasteiger partial charge in [-0.3, -0.25) is 0 Å². The fourth-order valence-electron chi connectivity index (χ4n) is 15.0. The SMILES string of the molecule is COC(=O)[C@H]1O[C@@H](O[C@H]2CC[C@@]3(C)[C@@H](CC[C@]4(C)[C@@H]3CC=C3[C@@H]5CC(C)(C)C[C@@H](O)[C@]5(O)CC[C@]34C)[C@@]2(C)CO)[C@H](O[C@@H]2O[C@H](CO)[C@@H](O)[C@H](O)[C@H]2O[C@@H]2O[C@H](CO)[C@@H](O)[C@H](O)[C@H]2O)[C@@H](O)[C@@H]1O. The first-order valence-electron chi connectivity index (χ1n) is 24.5. The van der Waals surface area contributed by atoms with Gasteiger partial charge in [0.25, 0.3) is 0 Å². The molecular formula is C48H78O20. The van der Waals surface area contributed by atoms with E-state index in [4.69, 9.17) is 33.2 Å². The maximum Gasteiger partial charge on any atom is 0.337 e. The van der Waals surface area contributed by atoms with Crippen LogP contribution in [0.25, 0.3) is 0 Å². The molecule has 0 unspecified atom stereocenters. The molecule has 8 aliphatic rings. The molecule has 20 heteroatoms. The Morgan fingerprint density at radius 2 is 1.25 bits per heavy atom. The van der Waals surface area contributed by atoms with Gasteiger partial charge in [-0.1, -0.05) is 53.2 Å². The minimum absolute atomic E-state index is 0.124. The summed E-state index contributed by atoms with van der Waals surface area (Å²) in [5.74, 6) is -1.17. The molecule has 0 aromatic rings. The fourth-order valence-corrected chi connectivity index (χ4v) is 15.0. The number of rotatable bonds is 10. The number of carbonyl (C=O) groups is 1. The summed E-state index contributed by atoms with van der Waals surface area (Å²) >= 11 is 0. The van der Waals surface area contributed by atoms with Gasteiger partial charge < -0.3 is 94.4 Å². The first kappa shape index (κ1) is 52.8. The molecule has 5 aliphatic carbocycles. The Morgan fingerprint density at radius 3 is 1.87 bits per heavy atom. The topological polar surface area (TPSA) is 324 Å². The van der Waals surface area contributed by atoms with Crippen LogP contribution in [0.4, 0.5) is 0 Å². The van der Waals surface area contributed by atoms with Gasteiger partial charge in [-0.25, -0.2) is 4.79 Å². The van der Waals surface area contributed by atoms with E-state index in [1.165, 1.54) is 5.57 Å². The molecule has 0 amide bonds. The maximum absolute atomic E-state index is 13.1. The van der Waals surface area contributed by atoms with Gasteiger partial charge in [0.05, 0.1) is 44.7 Å². The zero-order chi connectivity index (χ0) is 49.8. The maximum atomic E-state index is 13.1. The van der Waals surface area contributed by atoms with E-state index < -0.39 is 135 Å². The van der Waals surface area contributed by atoms with Crippen molar-refractivity contribution in [3.8, 4) is 0 Å². The molecule has 7 fully saturated rings. The molecular weight excluding hydrogens is 897 g/mol. The van der Waals surface area contributed by atoms with Crippen LogP contribution in [0.3, 0.4) is 0 Å². The molecule has 25 atom stereocenters. The van der Waals surface area contributed by atoms with E-state index in [0.717, 1.165) is 32.8 Å². The van der Waals surface area contributed by atoms with Gasteiger partial charge in [0.2, 0.25) is 0 Å². The highest BCUT2D eigenvalue weighted by atomic mass is 16.8. The van der Waals surface area contributed by atoms with Crippen LogP contribution in [0.15, 0.2) is 11.6 Å². The second-order valence-corrected chi connectivity index (χ2v) is 23.3. The Hall–Kier alpha value is -1.51. The van der Waals surface area contributed by atoms with E-state index in [1.807, 2.05) is 6.92 Å². The van der Waals surface area contributed by atoms with E-state index in [0.29, 0.717) is 32.1 Å². The minimum atomic E-state index is -2.00. The van der Waals surface area contributed by atoms with Gasteiger partial charge in [-0.15, -0.1) is 0 Å². The summed E-state index contributed by atoms with van der Waals surface area (Å²) in [5.41, 5.74) is -1.83. The van der Waals surface area contributed by atoms with Crippen molar-refractivity contribution >= 4 is 5.97 Å². The van der Waals surface area contributed by atoms with E-state index in [2.05, 4.69) is 40.7 Å². The smallest absolute Gasteiger partial charge is 0.337 e. The zero-order valence-electron chi connectivity index (χ0n) is 40.2. The number of methoxy groups -OCH3 is 1. The summed E-state index contributed by atoms with van der Waals surface area (Å²) < 4.78 is 41.3. The fraction of sp³-hybridized carbons (Fsp3) is 0.938. The zero-order valence-corrected chi connectivity index (χ0v) is 40.2. The predicted octanol–water partition coefficient (Wildman–Crippen LogP) is -1.51. The number of allylic oxidation sites excluding steroid dienone is 1. The van der Waals surface area contributed by atoms with Crippen molar-refractivity contribution in [2.45, 2.75) is 209 Å². The molecule has 12 N–H and O–H groups in total. The lowest BCUT2D eigenvalue weighted by atomic mass is 9.34. The van der Waals surface area contributed by atoms with Crippen molar-refractivity contribution in [1.29, 1.82) is 0 Å². The van der Waals surface area contributed by atoms with Crippen molar-refractivity contribution in [2.24, 2.45) is 44.8 Å². The molecule has 3 saturated heterocycles. The second-order valence-electron chi connectivity index (χ2n) is 23.3. The lowest BCUT2D eigenvalue weighted by molar-refractivity contribution is -0.397. The number of ether oxygens (including phenoxy) is 7. The van der Waals surface area contributed by atoms with Crippen LogP contribution in [0.5, 0.6) is 0 Å². The average molecular weight is 975 g/mol.